The fourth-order valence-corrected chi connectivity index (χ4v) is 3.32. The van der Waals surface area contributed by atoms with Gasteiger partial charge in [-0.2, -0.15) is 0 Å². The Hall–Kier alpha value is -2.64. The number of anilines is 2. The first-order valence-electron chi connectivity index (χ1n) is 9.14. The number of nitrogens with one attached hydrogen (secondary N) is 1. The van der Waals surface area contributed by atoms with Crippen molar-refractivity contribution >= 4 is 34.9 Å². The smallest absolute Gasteiger partial charge is 0.250 e. The Morgan fingerprint density at radius 3 is 2.82 bits per heavy atom. The number of nitrogens with two attached hydrogens (primary N) is 1. The fourth-order valence-electron chi connectivity index (χ4n) is 3.13. The van der Waals surface area contributed by atoms with Gasteiger partial charge in [0.15, 0.2) is 0 Å². The Kier molecular flexibility index (Phi) is 6.84. The third-order valence-electron chi connectivity index (χ3n) is 4.63. The maximum absolute atomic E-state index is 12.0. The molecule has 7 nitrogen and oxygen atoms in total. The standard InChI is InChI=1S/C20H23ClN4O3/c21-17-6-2-1-4-15(17)12-28-13-19(26)24-16-7-8-18(23-10-16)25-9-3-5-14(11-25)20(22)27/h1-2,4,6-8,10,14H,3,5,9,11-13H2,(H2,22,27)(H,24,26). The molecule has 1 saturated heterocycles. The molecule has 8 heteroatoms. The topological polar surface area (TPSA) is 97.6 Å². The molecule has 2 amide bonds. The number of carbonyl (C=O) groups is 2. The number of primary amides is 1. The van der Waals surface area contributed by atoms with Crippen molar-refractivity contribution in [3.63, 3.8) is 0 Å². The van der Waals surface area contributed by atoms with E-state index in [1.54, 1.807) is 18.3 Å². The minimum absolute atomic E-state index is 0.0839. The molecule has 3 rings (SSSR count). The van der Waals surface area contributed by atoms with Gasteiger partial charge in [-0.15, -0.1) is 0 Å². The Morgan fingerprint density at radius 2 is 2.11 bits per heavy atom. The Labute approximate surface area is 168 Å². The summed E-state index contributed by atoms with van der Waals surface area (Å²) in [6.45, 7) is 1.59. The van der Waals surface area contributed by atoms with Gasteiger partial charge in [-0.3, -0.25) is 9.59 Å². The zero-order valence-corrected chi connectivity index (χ0v) is 16.2. The summed E-state index contributed by atoms with van der Waals surface area (Å²) in [5.74, 6) is 0.0721. The van der Waals surface area contributed by atoms with E-state index in [-0.39, 0.29) is 30.9 Å². The first-order valence-corrected chi connectivity index (χ1v) is 9.52. The van der Waals surface area contributed by atoms with Gasteiger partial charge in [0.2, 0.25) is 11.8 Å². The van der Waals surface area contributed by atoms with Gasteiger partial charge in [0.1, 0.15) is 12.4 Å². The minimum Gasteiger partial charge on any atom is -0.369 e. The van der Waals surface area contributed by atoms with Crippen molar-refractivity contribution < 1.29 is 14.3 Å². The van der Waals surface area contributed by atoms with Gasteiger partial charge in [0, 0.05) is 18.1 Å². The second kappa shape index (κ2) is 9.52. The highest BCUT2D eigenvalue weighted by atomic mass is 35.5. The van der Waals surface area contributed by atoms with Crippen LogP contribution in [-0.4, -0.2) is 36.5 Å². The van der Waals surface area contributed by atoms with E-state index in [1.165, 1.54) is 0 Å². The van der Waals surface area contributed by atoms with Crippen LogP contribution in [0.15, 0.2) is 42.6 Å². The highest BCUT2D eigenvalue weighted by Crippen LogP contribution is 2.22. The first-order chi connectivity index (χ1) is 13.5. The Bertz CT molecular complexity index is 828. The average molecular weight is 403 g/mol. The van der Waals surface area contributed by atoms with E-state index >= 15 is 0 Å². The molecule has 1 fully saturated rings. The van der Waals surface area contributed by atoms with Gasteiger partial charge < -0.3 is 20.7 Å². The average Bonchev–Trinajstić information content (AvgIpc) is 2.70. The van der Waals surface area contributed by atoms with Crippen molar-refractivity contribution in [3.8, 4) is 0 Å². The summed E-state index contributed by atoms with van der Waals surface area (Å²) in [4.78, 5) is 29.9. The van der Waals surface area contributed by atoms with E-state index in [2.05, 4.69) is 10.3 Å². The quantitative estimate of drug-likeness (QED) is 0.741. The summed E-state index contributed by atoms with van der Waals surface area (Å²) in [5, 5.41) is 3.36. The van der Waals surface area contributed by atoms with Crippen LogP contribution in [0.1, 0.15) is 18.4 Å². The molecule has 148 valence electrons. The maximum Gasteiger partial charge on any atom is 0.250 e. The van der Waals surface area contributed by atoms with Gasteiger partial charge in [0.05, 0.1) is 24.4 Å². The third-order valence-corrected chi connectivity index (χ3v) is 5.00. The monoisotopic (exact) mass is 402 g/mol. The number of carbonyl (C=O) groups excluding carboxylic acids is 2. The summed E-state index contributed by atoms with van der Waals surface area (Å²) in [6, 6.07) is 10.9. The number of nitrogens with zero attached hydrogens (tertiary/aromatic N) is 2. The molecule has 0 bridgehead atoms. The molecule has 1 atom stereocenters. The summed E-state index contributed by atoms with van der Waals surface area (Å²) < 4.78 is 5.42. The van der Waals surface area contributed by atoms with Gasteiger partial charge in [0.25, 0.3) is 0 Å². The van der Waals surface area contributed by atoms with Crippen molar-refractivity contribution in [2.45, 2.75) is 19.4 Å². The van der Waals surface area contributed by atoms with Gasteiger partial charge in [-0.1, -0.05) is 29.8 Å². The van der Waals surface area contributed by atoms with Crippen molar-refractivity contribution in [1.29, 1.82) is 0 Å². The fraction of sp³-hybridized carbons (Fsp3) is 0.350. The van der Waals surface area contributed by atoms with Gasteiger partial charge >= 0.3 is 0 Å². The van der Waals surface area contributed by atoms with Crippen LogP contribution in [0, 0.1) is 5.92 Å². The van der Waals surface area contributed by atoms with E-state index in [9.17, 15) is 9.59 Å². The lowest BCUT2D eigenvalue weighted by Gasteiger charge is -2.32. The zero-order chi connectivity index (χ0) is 19.9. The first kappa shape index (κ1) is 20.1. The minimum atomic E-state index is -0.273. The van der Waals surface area contributed by atoms with E-state index in [1.807, 2.05) is 29.2 Å². The number of hydrogen-bond acceptors (Lipinski definition) is 5. The summed E-state index contributed by atoms with van der Waals surface area (Å²) >= 11 is 6.06. The molecular weight excluding hydrogens is 380 g/mol. The van der Waals surface area contributed by atoms with E-state index < -0.39 is 0 Å². The number of benzene rings is 1. The molecule has 1 aliphatic heterocycles. The molecule has 1 aromatic heterocycles. The lowest BCUT2D eigenvalue weighted by atomic mass is 9.97. The normalized spacial score (nSPS) is 16.6. The highest BCUT2D eigenvalue weighted by molar-refractivity contribution is 6.31. The molecule has 0 aliphatic carbocycles. The van der Waals surface area contributed by atoms with Crippen LogP contribution >= 0.6 is 11.6 Å². The van der Waals surface area contributed by atoms with Crippen molar-refractivity contribution in [2.24, 2.45) is 11.7 Å². The second-order valence-corrected chi connectivity index (χ2v) is 7.13. The number of pyridine rings is 1. The maximum atomic E-state index is 12.0. The second-order valence-electron chi connectivity index (χ2n) is 6.72. The predicted octanol–water partition coefficient (Wildman–Crippen LogP) is 2.59. The molecule has 28 heavy (non-hydrogen) atoms. The number of aromatic nitrogens is 1. The molecular formula is C20H23ClN4O3. The summed E-state index contributed by atoms with van der Waals surface area (Å²) in [7, 11) is 0. The SMILES string of the molecule is NC(=O)C1CCCN(c2ccc(NC(=O)COCc3ccccc3Cl)cn2)C1. The number of piperidine rings is 1. The Balaban J connectivity index is 1.48. The van der Waals surface area contributed by atoms with Gasteiger partial charge in [-0.25, -0.2) is 4.98 Å². The lowest BCUT2D eigenvalue weighted by Crippen LogP contribution is -2.41. The number of hydrogen-bond donors (Lipinski definition) is 2. The van der Waals surface area contributed by atoms with Crippen molar-refractivity contribution in [3.05, 3.63) is 53.2 Å². The number of amides is 2. The zero-order valence-electron chi connectivity index (χ0n) is 15.4. The van der Waals surface area contributed by atoms with Crippen molar-refractivity contribution in [2.75, 3.05) is 29.9 Å². The number of ether oxygens (including phenoxy) is 1. The van der Waals surface area contributed by atoms with Crippen LogP contribution < -0.4 is 16.0 Å². The number of rotatable bonds is 7. The lowest BCUT2D eigenvalue weighted by molar-refractivity contribution is -0.122. The van der Waals surface area contributed by atoms with E-state index in [0.717, 1.165) is 30.8 Å². The largest absolute Gasteiger partial charge is 0.369 e. The van der Waals surface area contributed by atoms with Gasteiger partial charge in [-0.05, 0) is 36.6 Å². The molecule has 1 aromatic carbocycles. The molecule has 0 saturated carbocycles. The van der Waals surface area contributed by atoms with Crippen LogP contribution in [0.3, 0.4) is 0 Å². The summed E-state index contributed by atoms with van der Waals surface area (Å²) in [5.41, 5.74) is 6.83. The molecule has 3 N–H and O–H groups in total. The number of halogens is 1. The van der Waals surface area contributed by atoms with Crippen LogP contribution in [0.2, 0.25) is 5.02 Å². The van der Waals surface area contributed by atoms with Crippen LogP contribution in [0.5, 0.6) is 0 Å². The molecule has 1 unspecified atom stereocenters. The molecule has 2 aromatic rings. The molecule has 1 aliphatic rings. The summed E-state index contributed by atoms with van der Waals surface area (Å²) in [6.07, 6.45) is 3.31. The van der Waals surface area contributed by atoms with E-state index in [4.69, 9.17) is 22.1 Å². The van der Waals surface area contributed by atoms with Crippen LogP contribution in [0.4, 0.5) is 11.5 Å². The molecule has 0 spiro atoms. The van der Waals surface area contributed by atoms with E-state index in [0.29, 0.717) is 17.3 Å². The predicted molar refractivity (Wildman–Crippen MR) is 108 cm³/mol. The third kappa shape index (κ3) is 5.43. The molecule has 0 radical (unpaired) electrons. The van der Waals surface area contributed by atoms with Crippen LogP contribution in [0.25, 0.3) is 0 Å². The van der Waals surface area contributed by atoms with Crippen molar-refractivity contribution in [1.82, 2.24) is 4.98 Å². The van der Waals surface area contributed by atoms with Crippen LogP contribution in [-0.2, 0) is 20.9 Å². The Morgan fingerprint density at radius 1 is 1.29 bits per heavy atom. The highest BCUT2D eigenvalue weighted by Gasteiger charge is 2.24. The molecule has 2 heterocycles.